The van der Waals surface area contributed by atoms with E-state index in [2.05, 4.69) is 0 Å². The molecular formula is C21H20O4. The number of phenols is 1. The minimum atomic E-state index is -2.54. The number of aliphatic hydroxyl groups excluding tert-OH is 1. The van der Waals surface area contributed by atoms with Crippen molar-refractivity contribution in [2.24, 2.45) is 0 Å². The lowest BCUT2D eigenvalue weighted by Crippen LogP contribution is -1.89. The molecule has 0 aliphatic heterocycles. The minimum absolute atomic E-state index is 0.175. The van der Waals surface area contributed by atoms with Crippen LogP contribution in [0, 0.1) is 6.92 Å². The topological polar surface area (TPSA) is 66.8 Å². The number of benzene rings is 2. The number of phenolic OH excluding ortho intramolecular Hbond substituents is 1. The SMILES string of the molecule is [2H]C([2H])([2H])Oc1cccc(/C=C/C(O)=C/C(=O)/C=C/c2ccc(O)c(C)c2)c1. The Morgan fingerprint density at radius 1 is 1.12 bits per heavy atom. The first-order valence-electron chi connectivity index (χ1n) is 9.02. The van der Waals surface area contributed by atoms with Crippen molar-refractivity contribution in [2.75, 3.05) is 7.04 Å². The molecular weight excluding hydrogens is 316 g/mol. The molecule has 2 aromatic rings. The molecule has 0 saturated heterocycles. The molecule has 0 atom stereocenters. The summed E-state index contributed by atoms with van der Waals surface area (Å²) in [5, 5.41) is 19.4. The van der Waals surface area contributed by atoms with Gasteiger partial charge in [0, 0.05) is 6.08 Å². The number of rotatable bonds is 6. The average molecular weight is 339 g/mol. The molecule has 0 spiro atoms. The maximum absolute atomic E-state index is 11.9. The van der Waals surface area contributed by atoms with Gasteiger partial charge in [-0.15, -0.1) is 0 Å². The Morgan fingerprint density at radius 2 is 1.88 bits per heavy atom. The summed E-state index contributed by atoms with van der Waals surface area (Å²) in [7, 11) is -2.54. The fourth-order valence-electron chi connectivity index (χ4n) is 2.07. The number of allylic oxidation sites excluding steroid dienone is 3. The number of ether oxygens (including phenoxy) is 1. The molecule has 128 valence electrons. The Kier molecular flexibility index (Phi) is 4.82. The van der Waals surface area contributed by atoms with E-state index in [9.17, 15) is 15.0 Å². The van der Waals surface area contributed by atoms with Gasteiger partial charge in [0.1, 0.15) is 17.3 Å². The number of ketones is 1. The van der Waals surface area contributed by atoms with Crippen LogP contribution in [0.25, 0.3) is 12.2 Å². The summed E-state index contributed by atoms with van der Waals surface area (Å²) < 4.78 is 26.1. The predicted octanol–water partition coefficient (Wildman–Crippen LogP) is 4.45. The number of aliphatic hydroxyl groups is 1. The van der Waals surface area contributed by atoms with Gasteiger partial charge in [0.2, 0.25) is 0 Å². The van der Waals surface area contributed by atoms with Crippen molar-refractivity contribution in [3.8, 4) is 11.5 Å². The normalized spacial score (nSPS) is 14.3. The monoisotopic (exact) mass is 339 g/mol. The number of methoxy groups -OCH3 is 1. The highest BCUT2D eigenvalue weighted by Crippen LogP contribution is 2.18. The smallest absolute Gasteiger partial charge is 0.182 e. The lowest BCUT2D eigenvalue weighted by atomic mass is 10.1. The van der Waals surface area contributed by atoms with Gasteiger partial charge in [-0.3, -0.25) is 4.79 Å². The second kappa shape index (κ2) is 8.55. The first-order valence-corrected chi connectivity index (χ1v) is 7.52. The first-order chi connectivity index (χ1) is 13.1. The Labute approximate surface area is 151 Å². The number of carbonyl (C=O) groups is 1. The van der Waals surface area contributed by atoms with Crippen LogP contribution in [0.1, 0.15) is 20.8 Å². The van der Waals surface area contributed by atoms with Crippen molar-refractivity contribution in [1.29, 1.82) is 0 Å². The minimum Gasteiger partial charge on any atom is -0.508 e. The van der Waals surface area contributed by atoms with Gasteiger partial charge in [0.25, 0.3) is 0 Å². The Morgan fingerprint density at radius 3 is 2.64 bits per heavy atom. The fraction of sp³-hybridized carbons (Fsp3) is 0.0952. The number of carbonyl (C=O) groups excluding carboxylic acids is 1. The largest absolute Gasteiger partial charge is 0.508 e. The van der Waals surface area contributed by atoms with Gasteiger partial charge in [0.05, 0.1) is 11.2 Å². The molecule has 2 aromatic carbocycles. The summed E-state index contributed by atoms with van der Waals surface area (Å²) in [6.07, 6.45) is 6.80. The standard InChI is InChI=1S/C21H20O4/c1-15-12-17(8-11-21(15)24)7-10-19(23)14-18(22)9-6-16-4-3-5-20(13-16)25-2/h3-14,22,24H,1-2H3/b9-6+,10-7+,18-14-/i2D3. The molecule has 0 unspecified atom stereocenters. The molecule has 0 bridgehead atoms. The second-order valence-corrected chi connectivity index (χ2v) is 5.36. The molecule has 0 aromatic heterocycles. The summed E-state index contributed by atoms with van der Waals surface area (Å²) in [5.41, 5.74) is 2.04. The number of hydrogen-bond acceptors (Lipinski definition) is 4. The van der Waals surface area contributed by atoms with E-state index in [-0.39, 0.29) is 17.3 Å². The van der Waals surface area contributed by atoms with E-state index < -0.39 is 12.8 Å². The maximum atomic E-state index is 11.9. The number of aryl methyl sites for hydroxylation is 1. The third-order valence-corrected chi connectivity index (χ3v) is 3.37. The van der Waals surface area contributed by atoms with Crippen LogP contribution < -0.4 is 4.74 Å². The third kappa shape index (κ3) is 5.70. The van der Waals surface area contributed by atoms with E-state index in [1.54, 1.807) is 43.3 Å². The van der Waals surface area contributed by atoms with Gasteiger partial charge >= 0.3 is 0 Å². The van der Waals surface area contributed by atoms with E-state index in [0.717, 1.165) is 11.6 Å². The lowest BCUT2D eigenvalue weighted by molar-refractivity contribution is -0.110. The van der Waals surface area contributed by atoms with Gasteiger partial charge < -0.3 is 14.9 Å². The van der Waals surface area contributed by atoms with Gasteiger partial charge in [0.15, 0.2) is 5.78 Å². The summed E-state index contributed by atoms with van der Waals surface area (Å²) in [4.78, 5) is 11.9. The van der Waals surface area contributed by atoms with Crippen LogP contribution in [0.4, 0.5) is 0 Å². The highest BCUT2D eigenvalue weighted by Gasteiger charge is 1.98. The highest BCUT2D eigenvalue weighted by molar-refractivity contribution is 6.02. The number of aromatic hydroxyl groups is 1. The van der Waals surface area contributed by atoms with E-state index in [1.807, 2.05) is 0 Å². The van der Waals surface area contributed by atoms with Gasteiger partial charge in [-0.1, -0.05) is 30.4 Å². The molecule has 25 heavy (non-hydrogen) atoms. The van der Waals surface area contributed by atoms with Crippen molar-refractivity contribution >= 4 is 17.9 Å². The van der Waals surface area contributed by atoms with E-state index in [1.165, 1.54) is 30.4 Å². The molecule has 4 heteroatoms. The molecule has 0 saturated carbocycles. The van der Waals surface area contributed by atoms with Crippen molar-refractivity contribution in [3.63, 3.8) is 0 Å². The lowest BCUT2D eigenvalue weighted by Gasteiger charge is -2.00. The summed E-state index contributed by atoms with van der Waals surface area (Å²) in [5.74, 6) is -0.306. The molecule has 2 N–H and O–H groups in total. The summed E-state index contributed by atoms with van der Waals surface area (Å²) in [6.45, 7) is 1.75. The van der Waals surface area contributed by atoms with Crippen molar-refractivity contribution < 1.29 is 23.9 Å². The van der Waals surface area contributed by atoms with E-state index >= 15 is 0 Å². The van der Waals surface area contributed by atoms with Crippen molar-refractivity contribution in [3.05, 3.63) is 83.1 Å². The molecule has 4 nitrogen and oxygen atoms in total. The van der Waals surface area contributed by atoms with E-state index in [4.69, 9.17) is 8.85 Å². The molecule has 0 heterocycles. The highest BCUT2D eigenvalue weighted by atomic mass is 16.5. The van der Waals surface area contributed by atoms with Gasteiger partial charge in [-0.25, -0.2) is 0 Å². The van der Waals surface area contributed by atoms with Crippen LogP contribution >= 0.6 is 0 Å². The Hall–Kier alpha value is -3.27. The zero-order valence-electron chi connectivity index (χ0n) is 16.6. The zero-order valence-corrected chi connectivity index (χ0v) is 13.6. The molecule has 0 amide bonds. The fourth-order valence-corrected chi connectivity index (χ4v) is 2.07. The summed E-state index contributed by atoms with van der Waals surface area (Å²) >= 11 is 0. The average Bonchev–Trinajstić information content (AvgIpc) is 2.60. The van der Waals surface area contributed by atoms with Crippen molar-refractivity contribution in [1.82, 2.24) is 0 Å². The molecule has 0 fully saturated rings. The molecule has 2 rings (SSSR count). The second-order valence-electron chi connectivity index (χ2n) is 5.36. The van der Waals surface area contributed by atoms with E-state index in [0.29, 0.717) is 11.1 Å². The quantitative estimate of drug-likeness (QED) is 0.464. The van der Waals surface area contributed by atoms with Crippen LogP contribution in [0.15, 0.2) is 66.5 Å². The molecule has 0 radical (unpaired) electrons. The Bertz CT molecular complexity index is 941. The van der Waals surface area contributed by atoms with Gasteiger partial charge in [-0.05, 0) is 60.0 Å². The van der Waals surface area contributed by atoms with Crippen LogP contribution in [0.3, 0.4) is 0 Å². The first kappa shape index (κ1) is 14.1. The zero-order chi connectivity index (χ0) is 20.7. The maximum Gasteiger partial charge on any atom is 0.182 e. The van der Waals surface area contributed by atoms with Crippen molar-refractivity contribution in [2.45, 2.75) is 6.92 Å². The Balaban J connectivity index is 2.02. The number of hydrogen-bond donors (Lipinski definition) is 2. The van der Waals surface area contributed by atoms with Crippen LogP contribution in [0.2, 0.25) is 0 Å². The van der Waals surface area contributed by atoms with Crippen LogP contribution in [-0.4, -0.2) is 23.0 Å². The van der Waals surface area contributed by atoms with Gasteiger partial charge in [-0.2, -0.15) is 0 Å². The molecule has 0 aliphatic rings. The predicted molar refractivity (Wildman–Crippen MR) is 99.6 cm³/mol. The molecule has 0 aliphatic carbocycles. The summed E-state index contributed by atoms with van der Waals surface area (Å²) in [6, 6.07) is 11.3. The van der Waals surface area contributed by atoms with Crippen LogP contribution in [-0.2, 0) is 4.79 Å². The third-order valence-electron chi connectivity index (χ3n) is 3.37. The van der Waals surface area contributed by atoms with Crippen LogP contribution in [0.5, 0.6) is 11.5 Å².